The van der Waals surface area contributed by atoms with Crippen LogP contribution in [0.4, 0.5) is 5.69 Å². The van der Waals surface area contributed by atoms with Crippen molar-refractivity contribution in [3.63, 3.8) is 0 Å². The number of rotatable bonds is 4. The van der Waals surface area contributed by atoms with Gasteiger partial charge in [-0.1, -0.05) is 6.08 Å². The number of amides is 2. The number of allylic oxidation sites excluding steroid dienone is 1. The highest BCUT2D eigenvalue weighted by molar-refractivity contribution is 7.90. The van der Waals surface area contributed by atoms with E-state index in [4.69, 9.17) is 0 Å². The third-order valence-corrected chi connectivity index (χ3v) is 5.51. The van der Waals surface area contributed by atoms with Gasteiger partial charge in [0, 0.05) is 11.8 Å². The Morgan fingerprint density at radius 3 is 2.70 bits per heavy atom. The molecule has 1 saturated carbocycles. The fraction of sp³-hybridized carbons (Fsp3) is 0.375. The maximum atomic E-state index is 12.3. The van der Waals surface area contributed by atoms with Gasteiger partial charge in [-0.05, 0) is 56.4 Å². The van der Waals surface area contributed by atoms with Crippen molar-refractivity contribution in [2.24, 2.45) is 5.92 Å². The number of nitrogens with one attached hydrogen (secondary N) is 2. The van der Waals surface area contributed by atoms with Crippen molar-refractivity contribution in [2.45, 2.75) is 37.0 Å². The molecule has 6 nitrogen and oxygen atoms in total. The quantitative estimate of drug-likeness (QED) is 0.820. The van der Waals surface area contributed by atoms with E-state index in [1.165, 1.54) is 18.2 Å². The van der Waals surface area contributed by atoms with Crippen molar-refractivity contribution in [2.75, 3.05) is 5.32 Å². The highest BCUT2D eigenvalue weighted by Gasteiger charge is 2.39. The van der Waals surface area contributed by atoms with Gasteiger partial charge >= 0.3 is 0 Å². The predicted molar refractivity (Wildman–Crippen MR) is 85.3 cm³/mol. The van der Waals surface area contributed by atoms with Gasteiger partial charge in [0.05, 0.1) is 10.3 Å². The summed E-state index contributed by atoms with van der Waals surface area (Å²) in [5, 5.41) is 2.71. The molecule has 0 aromatic heterocycles. The zero-order valence-corrected chi connectivity index (χ0v) is 13.7. The molecule has 7 heteroatoms. The Balaban J connectivity index is 1.85. The molecule has 1 aromatic rings. The van der Waals surface area contributed by atoms with Crippen LogP contribution in [0.1, 0.15) is 32.3 Å². The summed E-state index contributed by atoms with van der Waals surface area (Å²) < 4.78 is 26.7. The van der Waals surface area contributed by atoms with Gasteiger partial charge in [-0.15, -0.1) is 0 Å². The minimum Gasteiger partial charge on any atom is -0.325 e. The van der Waals surface area contributed by atoms with Gasteiger partial charge < -0.3 is 5.32 Å². The lowest BCUT2D eigenvalue weighted by molar-refractivity contribution is -0.119. The van der Waals surface area contributed by atoms with Crippen LogP contribution in [0.2, 0.25) is 0 Å². The molecule has 0 spiro atoms. The molecule has 0 atom stereocenters. The van der Waals surface area contributed by atoms with E-state index in [0.29, 0.717) is 17.2 Å². The number of benzene rings is 1. The second kappa shape index (κ2) is 5.19. The van der Waals surface area contributed by atoms with Crippen LogP contribution in [-0.2, 0) is 25.0 Å². The first-order chi connectivity index (χ1) is 10.7. The van der Waals surface area contributed by atoms with E-state index < -0.39 is 21.3 Å². The van der Waals surface area contributed by atoms with Crippen molar-refractivity contribution in [1.82, 2.24) is 4.72 Å². The molecule has 2 aliphatic rings. The third kappa shape index (κ3) is 3.01. The van der Waals surface area contributed by atoms with Crippen LogP contribution < -0.4 is 10.0 Å². The first-order valence-corrected chi connectivity index (χ1v) is 8.89. The minimum absolute atomic E-state index is 0.0333. The fourth-order valence-electron chi connectivity index (χ4n) is 2.46. The van der Waals surface area contributed by atoms with E-state index in [9.17, 15) is 18.0 Å². The zero-order chi connectivity index (χ0) is 16.8. The van der Waals surface area contributed by atoms with Gasteiger partial charge in [-0.25, -0.2) is 13.1 Å². The highest BCUT2D eigenvalue weighted by Crippen LogP contribution is 2.38. The average molecular weight is 334 g/mol. The molecule has 1 fully saturated rings. The Morgan fingerprint density at radius 2 is 2.04 bits per heavy atom. The second-order valence-corrected chi connectivity index (χ2v) is 8.14. The molecular weight excluding hydrogens is 316 g/mol. The highest BCUT2D eigenvalue weighted by atomic mass is 32.2. The van der Waals surface area contributed by atoms with E-state index in [1.54, 1.807) is 26.0 Å². The van der Waals surface area contributed by atoms with Gasteiger partial charge in [0.2, 0.25) is 5.91 Å². The van der Waals surface area contributed by atoms with E-state index in [0.717, 1.165) is 12.8 Å². The zero-order valence-electron chi connectivity index (χ0n) is 12.9. The molecule has 1 aromatic carbocycles. The summed E-state index contributed by atoms with van der Waals surface area (Å²) in [4.78, 5) is 23.6. The van der Waals surface area contributed by atoms with Gasteiger partial charge in [-0.3, -0.25) is 9.59 Å². The normalized spacial score (nSPS) is 19.5. The topological polar surface area (TPSA) is 92.3 Å². The van der Waals surface area contributed by atoms with E-state index in [2.05, 4.69) is 5.32 Å². The summed E-state index contributed by atoms with van der Waals surface area (Å²) in [5.74, 6) is -0.453. The monoisotopic (exact) mass is 334 g/mol. The maximum Gasteiger partial charge on any atom is 0.264 e. The van der Waals surface area contributed by atoms with Gasteiger partial charge in [0.25, 0.3) is 15.9 Å². The van der Waals surface area contributed by atoms with Gasteiger partial charge in [0.15, 0.2) is 0 Å². The van der Waals surface area contributed by atoms with Crippen LogP contribution in [-0.4, -0.2) is 20.2 Å². The molecule has 122 valence electrons. The predicted octanol–water partition coefficient (Wildman–Crippen LogP) is 1.69. The van der Waals surface area contributed by atoms with Crippen molar-refractivity contribution < 1.29 is 18.0 Å². The van der Waals surface area contributed by atoms with Crippen LogP contribution in [0.3, 0.4) is 0 Å². The minimum atomic E-state index is -3.97. The second-order valence-electron chi connectivity index (χ2n) is 6.45. The number of hydrogen-bond acceptors (Lipinski definition) is 4. The van der Waals surface area contributed by atoms with Crippen LogP contribution in [0.15, 0.2) is 35.2 Å². The Labute approximate surface area is 135 Å². The summed E-state index contributed by atoms with van der Waals surface area (Å²) in [7, 11) is -3.97. The van der Waals surface area contributed by atoms with Crippen molar-refractivity contribution in [3.05, 3.63) is 35.9 Å². The van der Waals surface area contributed by atoms with Crippen molar-refractivity contribution in [3.8, 4) is 0 Å². The van der Waals surface area contributed by atoms with Crippen LogP contribution >= 0.6 is 0 Å². The maximum absolute atomic E-state index is 12.3. The Bertz CT molecular complexity index is 820. The lowest BCUT2D eigenvalue weighted by Crippen LogP contribution is -2.30. The fourth-order valence-corrected chi connectivity index (χ4v) is 3.43. The molecule has 0 bridgehead atoms. The smallest absolute Gasteiger partial charge is 0.264 e. The van der Waals surface area contributed by atoms with Gasteiger partial charge in [-0.2, -0.15) is 0 Å². The van der Waals surface area contributed by atoms with Crippen LogP contribution in [0.5, 0.6) is 0 Å². The third-order valence-electron chi connectivity index (χ3n) is 4.17. The summed E-state index contributed by atoms with van der Waals surface area (Å²) in [6, 6.07) is 4.36. The Morgan fingerprint density at radius 1 is 1.35 bits per heavy atom. The molecule has 2 amide bonds. The molecule has 23 heavy (non-hydrogen) atoms. The van der Waals surface area contributed by atoms with Crippen LogP contribution in [0.25, 0.3) is 0 Å². The molecule has 2 N–H and O–H groups in total. The summed E-state index contributed by atoms with van der Waals surface area (Å²) in [6.07, 6.45) is 5.06. The summed E-state index contributed by atoms with van der Waals surface area (Å²) in [6.45, 7) is 3.45. The van der Waals surface area contributed by atoms with Gasteiger partial charge in [0.1, 0.15) is 0 Å². The number of fused-ring (bicyclic) bond motifs is 1. The largest absolute Gasteiger partial charge is 0.325 e. The lowest BCUT2D eigenvalue weighted by atomic mass is 9.86. The first-order valence-electron chi connectivity index (χ1n) is 7.41. The number of carbonyl (C=O) groups excluding carboxylic acids is 2. The number of hydrogen-bond donors (Lipinski definition) is 2. The lowest BCUT2D eigenvalue weighted by Gasteiger charge is -2.15. The van der Waals surface area contributed by atoms with E-state index >= 15 is 0 Å². The average Bonchev–Trinajstić information content (AvgIpc) is 3.25. The van der Waals surface area contributed by atoms with E-state index in [1.807, 2.05) is 4.72 Å². The van der Waals surface area contributed by atoms with E-state index in [-0.39, 0.29) is 10.8 Å². The Hall–Kier alpha value is -2.15. The van der Waals surface area contributed by atoms with Crippen LogP contribution in [0, 0.1) is 5.92 Å². The number of anilines is 1. The molecule has 1 aliphatic heterocycles. The van der Waals surface area contributed by atoms with Crippen molar-refractivity contribution in [1.29, 1.82) is 0 Å². The molecule has 0 unspecified atom stereocenters. The molecule has 0 radical (unpaired) electrons. The molecule has 1 heterocycles. The first kappa shape index (κ1) is 15.7. The molecule has 1 aliphatic carbocycles. The molecular formula is C16H18N2O4S. The standard InChI is InChI=1S/C16H18N2O4S/c1-16(2)12-9-11(6-7-13(12)17-15(16)20)23(21,22)18-14(19)8-5-10-3-4-10/h5-10H,3-4H2,1-2H3,(H,17,20)(H,18,19)/b8-5+. The Kier molecular flexibility index (Phi) is 3.55. The SMILES string of the molecule is CC1(C)C(=O)Nc2ccc(S(=O)(=O)NC(=O)/C=C/C3CC3)cc21. The summed E-state index contributed by atoms with van der Waals surface area (Å²) >= 11 is 0. The van der Waals surface area contributed by atoms with Crippen molar-refractivity contribution >= 4 is 27.5 Å². The number of sulfonamides is 1. The molecule has 3 rings (SSSR count). The number of carbonyl (C=O) groups is 2. The molecule has 0 saturated heterocycles. The summed E-state index contributed by atoms with van der Waals surface area (Å²) in [5.41, 5.74) is 0.391.